The molecule has 0 aliphatic rings. The van der Waals surface area contributed by atoms with Gasteiger partial charge in [-0.1, -0.05) is 28.4 Å². The normalized spacial score (nSPS) is 10.5. The maximum absolute atomic E-state index is 11.7. The second-order valence-electron chi connectivity index (χ2n) is 3.73. The fourth-order valence-corrected chi connectivity index (χ4v) is 2.63. The standard InChI is InChI=1S/C12H10Cl2N2O2S/c1-7-4-11(16-18-7)15-12(17)6-19-10-5-8(13)2-3-9(10)14/h2-5H,6H2,1H3,(H,15,16,17). The van der Waals surface area contributed by atoms with E-state index in [-0.39, 0.29) is 11.7 Å². The molecule has 1 heterocycles. The van der Waals surface area contributed by atoms with Crippen molar-refractivity contribution < 1.29 is 9.32 Å². The number of benzene rings is 1. The Hall–Kier alpha value is -1.17. The maximum atomic E-state index is 11.7. The van der Waals surface area contributed by atoms with E-state index in [9.17, 15) is 4.79 Å². The van der Waals surface area contributed by atoms with Crippen molar-refractivity contribution in [2.75, 3.05) is 11.1 Å². The van der Waals surface area contributed by atoms with E-state index < -0.39 is 0 Å². The Kier molecular flexibility index (Phi) is 4.74. The molecule has 1 amide bonds. The summed E-state index contributed by atoms with van der Waals surface area (Å²) < 4.78 is 4.85. The van der Waals surface area contributed by atoms with E-state index in [1.165, 1.54) is 11.8 Å². The molecule has 2 rings (SSSR count). The lowest BCUT2D eigenvalue weighted by atomic mass is 10.4. The molecule has 0 atom stereocenters. The molecule has 1 aromatic carbocycles. The number of rotatable bonds is 4. The maximum Gasteiger partial charge on any atom is 0.235 e. The zero-order chi connectivity index (χ0) is 13.8. The number of thioether (sulfide) groups is 1. The summed E-state index contributed by atoms with van der Waals surface area (Å²) in [4.78, 5) is 12.5. The van der Waals surface area contributed by atoms with Crippen molar-refractivity contribution in [2.24, 2.45) is 0 Å². The molecule has 0 aliphatic heterocycles. The molecule has 100 valence electrons. The number of anilines is 1. The highest BCUT2D eigenvalue weighted by molar-refractivity contribution is 8.00. The second-order valence-corrected chi connectivity index (χ2v) is 5.60. The van der Waals surface area contributed by atoms with Crippen molar-refractivity contribution in [1.29, 1.82) is 0 Å². The van der Waals surface area contributed by atoms with Gasteiger partial charge in [-0.25, -0.2) is 0 Å². The van der Waals surface area contributed by atoms with E-state index in [1.807, 2.05) is 0 Å². The molecule has 0 saturated carbocycles. The van der Waals surface area contributed by atoms with Gasteiger partial charge < -0.3 is 9.84 Å². The topological polar surface area (TPSA) is 55.1 Å². The Morgan fingerprint density at radius 3 is 2.89 bits per heavy atom. The van der Waals surface area contributed by atoms with Crippen LogP contribution in [0.2, 0.25) is 10.0 Å². The predicted octanol–water partition coefficient (Wildman–Crippen LogP) is 4.02. The van der Waals surface area contributed by atoms with E-state index in [4.69, 9.17) is 27.7 Å². The number of nitrogens with one attached hydrogen (secondary N) is 1. The highest BCUT2D eigenvalue weighted by Gasteiger charge is 2.09. The molecule has 7 heteroatoms. The van der Waals surface area contributed by atoms with Gasteiger partial charge in [0.1, 0.15) is 5.76 Å². The fraction of sp³-hybridized carbons (Fsp3) is 0.167. The molecule has 0 saturated heterocycles. The number of aryl methyl sites for hydroxylation is 1. The SMILES string of the molecule is Cc1cc(NC(=O)CSc2cc(Cl)ccc2Cl)no1. The lowest BCUT2D eigenvalue weighted by Crippen LogP contribution is -2.14. The van der Waals surface area contributed by atoms with Gasteiger partial charge in [0.25, 0.3) is 0 Å². The molecule has 0 bridgehead atoms. The Labute approximate surface area is 124 Å². The lowest BCUT2D eigenvalue weighted by molar-refractivity contribution is -0.113. The minimum absolute atomic E-state index is 0.186. The number of aromatic nitrogens is 1. The molecule has 2 aromatic rings. The number of hydrogen-bond acceptors (Lipinski definition) is 4. The molecule has 0 spiro atoms. The Balaban J connectivity index is 1.91. The first-order chi connectivity index (χ1) is 9.04. The summed E-state index contributed by atoms with van der Waals surface area (Å²) >= 11 is 13.2. The highest BCUT2D eigenvalue weighted by Crippen LogP contribution is 2.29. The molecule has 0 radical (unpaired) electrons. The van der Waals surface area contributed by atoms with Crippen molar-refractivity contribution in [1.82, 2.24) is 5.16 Å². The first kappa shape index (κ1) is 14.2. The molecule has 0 aliphatic carbocycles. The van der Waals surface area contributed by atoms with E-state index >= 15 is 0 Å². The third kappa shape index (κ3) is 4.16. The summed E-state index contributed by atoms with van der Waals surface area (Å²) in [6.45, 7) is 1.75. The van der Waals surface area contributed by atoms with Crippen LogP contribution in [0.25, 0.3) is 0 Å². The third-order valence-electron chi connectivity index (χ3n) is 2.15. The van der Waals surface area contributed by atoms with Gasteiger partial charge in [-0.3, -0.25) is 4.79 Å². The van der Waals surface area contributed by atoms with Gasteiger partial charge in [-0.15, -0.1) is 11.8 Å². The van der Waals surface area contributed by atoms with Gasteiger partial charge in [0.05, 0.1) is 10.8 Å². The van der Waals surface area contributed by atoms with Gasteiger partial charge in [-0.2, -0.15) is 0 Å². The minimum Gasteiger partial charge on any atom is -0.360 e. The quantitative estimate of drug-likeness (QED) is 0.865. The zero-order valence-corrected chi connectivity index (χ0v) is 12.3. The van der Waals surface area contributed by atoms with E-state index in [0.717, 1.165) is 4.90 Å². The van der Waals surface area contributed by atoms with Crippen molar-refractivity contribution in [2.45, 2.75) is 11.8 Å². The molecule has 1 N–H and O–H groups in total. The molecular weight excluding hydrogens is 307 g/mol. The number of amides is 1. The van der Waals surface area contributed by atoms with Crippen molar-refractivity contribution >= 4 is 46.7 Å². The molecule has 0 fully saturated rings. The summed E-state index contributed by atoms with van der Waals surface area (Å²) in [5.74, 6) is 1.07. The van der Waals surface area contributed by atoms with Crippen LogP contribution in [-0.4, -0.2) is 16.8 Å². The van der Waals surface area contributed by atoms with Gasteiger partial charge in [-0.05, 0) is 25.1 Å². The van der Waals surface area contributed by atoms with Crippen molar-refractivity contribution in [3.8, 4) is 0 Å². The Morgan fingerprint density at radius 1 is 1.42 bits per heavy atom. The van der Waals surface area contributed by atoms with Gasteiger partial charge >= 0.3 is 0 Å². The monoisotopic (exact) mass is 316 g/mol. The molecule has 1 aromatic heterocycles. The lowest BCUT2D eigenvalue weighted by Gasteiger charge is -2.04. The number of carbonyl (C=O) groups excluding carboxylic acids is 1. The summed E-state index contributed by atoms with van der Waals surface area (Å²) in [6.07, 6.45) is 0. The van der Waals surface area contributed by atoms with Crippen molar-refractivity contribution in [3.63, 3.8) is 0 Å². The number of carbonyl (C=O) groups is 1. The van der Waals surface area contributed by atoms with Crippen molar-refractivity contribution in [3.05, 3.63) is 40.1 Å². The van der Waals surface area contributed by atoms with Gasteiger partial charge in [0.15, 0.2) is 5.82 Å². The van der Waals surface area contributed by atoms with Crippen LogP contribution in [0.1, 0.15) is 5.76 Å². The van der Waals surface area contributed by atoms with E-state index in [2.05, 4.69) is 10.5 Å². The summed E-state index contributed by atoms with van der Waals surface area (Å²) in [7, 11) is 0. The largest absolute Gasteiger partial charge is 0.360 e. The average molecular weight is 317 g/mol. The Bertz CT molecular complexity index is 601. The van der Waals surface area contributed by atoms with Gasteiger partial charge in [0, 0.05) is 16.0 Å². The van der Waals surface area contributed by atoms with Crippen LogP contribution in [0.5, 0.6) is 0 Å². The molecule has 0 unspecified atom stereocenters. The van der Waals surface area contributed by atoms with Crippen LogP contribution in [-0.2, 0) is 4.79 Å². The molecule has 19 heavy (non-hydrogen) atoms. The van der Waals surface area contributed by atoms with Gasteiger partial charge in [0.2, 0.25) is 5.91 Å². The van der Waals surface area contributed by atoms with E-state index in [0.29, 0.717) is 21.6 Å². The number of nitrogens with zero attached hydrogens (tertiary/aromatic N) is 1. The summed E-state index contributed by atoms with van der Waals surface area (Å²) in [6, 6.07) is 6.77. The number of hydrogen-bond donors (Lipinski definition) is 1. The summed E-state index contributed by atoms with van der Waals surface area (Å²) in [5, 5.41) is 7.46. The fourth-order valence-electron chi connectivity index (χ4n) is 1.34. The average Bonchev–Trinajstić information content (AvgIpc) is 2.76. The molecular formula is C12H10Cl2N2O2S. The van der Waals surface area contributed by atoms with Crippen LogP contribution in [0.3, 0.4) is 0 Å². The zero-order valence-electron chi connectivity index (χ0n) is 9.94. The van der Waals surface area contributed by atoms with E-state index in [1.54, 1.807) is 31.2 Å². The van der Waals surface area contributed by atoms with Crippen LogP contribution in [0.4, 0.5) is 5.82 Å². The minimum atomic E-state index is -0.186. The van der Waals surface area contributed by atoms with Crippen LogP contribution >= 0.6 is 35.0 Å². The second kappa shape index (κ2) is 6.32. The first-order valence-corrected chi connectivity index (χ1v) is 7.10. The predicted molar refractivity (Wildman–Crippen MR) is 77.1 cm³/mol. The van der Waals surface area contributed by atoms with Crippen LogP contribution < -0.4 is 5.32 Å². The smallest absolute Gasteiger partial charge is 0.235 e. The first-order valence-electron chi connectivity index (χ1n) is 5.35. The third-order valence-corrected chi connectivity index (χ3v) is 3.88. The summed E-state index contributed by atoms with van der Waals surface area (Å²) in [5.41, 5.74) is 0. The Morgan fingerprint density at radius 2 is 2.21 bits per heavy atom. The van der Waals surface area contributed by atoms with Crippen LogP contribution in [0, 0.1) is 6.92 Å². The molecule has 4 nitrogen and oxygen atoms in total. The van der Waals surface area contributed by atoms with Crippen LogP contribution in [0.15, 0.2) is 33.7 Å². The number of halogens is 2. The highest BCUT2D eigenvalue weighted by atomic mass is 35.5.